The van der Waals surface area contributed by atoms with Gasteiger partial charge in [0, 0.05) is 16.7 Å². The summed E-state index contributed by atoms with van der Waals surface area (Å²) in [4.78, 5) is 23.0. The Bertz CT molecular complexity index is 525. The van der Waals surface area contributed by atoms with Crippen LogP contribution in [0.2, 0.25) is 5.02 Å². The van der Waals surface area contributed by atoms with E-state index in [-0.39, 0.29) is 5.78 Å². The number of hydrogen-bond acceptors (Lipinski definition) is 3. The highest BCUT2D eigenvalue weighted by Crippen LogP contribution is 2.18. The molecule has 1 aromatic carbocycles. The molecule has 0 bridgehead atoms. The van der Waals surface area contributed by atoms with Gasteiger partial charge in [0.1, 0.15) is 5.60 Å². The van der Waals surface area contributed by atoms with Gasteiger partial charge in [0.2, 0.25) is 0 Å². The van der Waals surface area contributed by atoms with Crippen molar-refractivity contribution in [3.8, 4) is 0 Å². The second kappa shape index (κ2) is 6.02. The Balaban J connectivity index is 2.95. The molecule has 0 amide bonds. The summed E-state index contributed by atoms with van der Waals surface area (Å²) in [7, 11) is 0. The van der Waals surface area contributed by atoms with Crippen LogP contribution < -0.4 is 0 Å². The molecule has 0 N–H and O–H groups in total. The van der Waals surface area contributed by atoms with Gasteiger partial charge in [-0.3, -0.25) is 4.79 Å². The molecule has 0 fully saturated rings. The van der Waals surface area contributed by atoms with E-state index in [1.54, 1.807) is 39.0 Å². The van der Waals surface area contributed by atoms with Crippen LogP contribution in [-0.2, 0) is 9.53 Å². The van der Waals surface area contributed by atoms with Crippen LogP contribution in [-0.4, -0.2) is 17.4 Å². The molecule has 0 aliphatic heterocycles. The SMILES string of the molecule is CC(=O)c1ccc(Cl)cc1C=CC(=O)OC(C)(C)C. The van der Waals surface area contributed by atoms with Crippen molar-refractivity contribution in [2.75, 3.05) is 0 Å². The number of Topliss-reactive ketones (excluding diaryl/α,β-unsaturated/α-hetero) is 1. The van der Waals surface area contributed by atoms with Crippen molar-refractivity contribution in [1.29, 1.82) is 0 Å². The summed E-state index contributed by atoms with van der Waals surface area (Å²) in [5, 5.41) is 0.508. The number of ether oxygens (including phenoxy) is 1. The maximum atomic E-state index is 11.6. The zero-order valence-electron chi connectivity index (χ0n) is 11.5. The molecule has 3 nitrogen and oxygen atoms in total. The van der Waals surface area contributed by atoms with E-state index >= 15 is 0 Å². The van der Waals surface area contributed by atoms with Crippen LogP contribution in [0.4, 0.5) is 0 Å². The number of ketones is 1. The first kappa shape index (κ1) is 15.4. The third kappa shape index (κ3) is 5.26. The third-order valence-corrected chi connectivity index (χ3v) is 2.43. The zero-order chi connectivity index (χ0) is 14.6. The Morgan fingerprint density at radius 3 is 2.42 bits per heavy atom. The van der Waals surface area contributed by atoms with E-state index in [4.69, 9.17) is 16.3 Å². The number of esters is 1. The average Bonchev–Trinajstić information content (AvgIpc) is 2.23. The lowest BCUT2D eigenvalue weighted by Crippen LogP contribution is -2.22. The average molecular weight is 281 g/mol. The van der Waals surface area contributed by atoms with Gasteiger partial charge in [-0.2, -0.15) is 0 Å². The zero-order valence-corrected chi connectivity index (χ0v) is 12.2. The predicted octanol–water partition coefficient (Wildman–Crippen LogP) is 3.90. The van der Waals surface area contributed by atoms with Crippen molar-refractivity contribution in [3.63, 3.8) is 0 Å². The molecule has 0 saturated carbocycles. The number of halogens is 1. The van der Waals surface area contributed by atoms with E-state index in [2.05, 4.69) is 0 Å². The van der Waals surface area contributed by atoms with Gasteiger partial charge in [0.15, 0.2) is 5.78 Å². The van der Waals surface area contributed by atoms with Crippen LogP contribution in [0, 0.1) is 0 Å². The summed E-state index contributed by atoms with van der Waals surface area (Å²) in [6.45, 7) is 6.84. The minimum atomic E-state index is -0.542. The molecular formula is C15H17ClO3. The Kier molecular flexibility index (Phi) is 4.90. The second-order valence-corrected chi connectivity index (χ2v) is 5.59. The van der Waals surface area contributed by atoms with Crippen molar-refractivity contribution < 1.29 is 14.3 Å². The number of benzene rings is 1. The van der Waals surface area contributed by atoms with Crippen LogP contribution in [0.5, 0.6) is 0 Å². The minimum absolute atomic E-state index is 0.0829. The fourth-order valence-electron chi connectivity index (χ4n) is 1.49. The number of rotatable bonds is 3. The largest absolute Gasteiger partial charge is 0.457 e. The van der Waals surface area contributed by atoms with Gasteiger partial charge in [-0.05, 0) is 57.5 Å². The first-order valence-electron chi connectivity index (χ1n) is 5.90. The van der Waals surface area contributed by atoms with Crippen LogP contribution >= 0.6 is 11.6 Å². The fourth-order valence-corrected chi connectivity index (χ4v) is 1.67. The second-order valence-electron chi connectivity index (χ2n) is 5.15. The van der Waals surface area contributed by atoms with Crippen LogP contribution in [0.25, 0.3) is 6.08 Å². The molecule has 1 rings (SSSR count). The quantitative estimate of drug-likeness (QED) is 0.479. The van der Waals surface area contributed by atoms with Crippen molar-refractivity contribution in [2.24, 2.45) is 0 Å². The van der Waals surface area contributed by atoms with E-state index in [9.17, 15) is 9.59 Å². The third-order valence-electron chi connectivity index (χ3n) is 2.20. The van der Waals surface area contributed by atoms with Gasteiger partial charge < -0.3 is 4.74 Å². The van der Waals surface area contributed by atoms with E-state index in [0.29, 0.717) is 16.1 Å². The molecule has 0 aliphatic carbocycles. The van der Waals surface area contributed by atoms with Crippen LogP contribution in [0.1, 0.15) is 43.6 Å². The first-order chi connectivity index (χ1) is 8.69. The molecule has 19 heavy (non-hydrogen) atoms. The molecule has 102 valence electrons. The lowest BCUT2D eigenvalue weighted by Gasteiger charge is -2.17. The van der Waals surface area contributed by atoms with Gasteiger partial charge in [0.05, 0.1) is 0 Å². The maximum absolute atomic E-state index is 11.6. The molecule has 0 aromatic heterocycles. The Morgan fingerprint density at radius 2 is 1.89 bits per heavy atom. The van der Waals surface area contributed by atoms with Gasteiger partial charge in [-0.15, -0.1) is 0 Å². The number of carbonyl (C=O) groups is 2. The summed E-state index contributed by atoms with van der Waals surface area (Å²) in [5.74, 6) is -0.539. The Hall–Kier alpha value is -1.61. The van der Waals surface area contributed by atoms with Crippen molar-refractivity contribution in [3.05, 3.63) is 40.4 Å². The Labute approximate surface area is 118 Å². The van der Waals surface area contributed by atoms with Crippen LogP contribution in [0.3, 0.4) is 0 Å². The monoisotopic (exact) mass is 280 g/mol. The summed E-state index contributed by atoms with van der Waals surface area (Å²) in [6.07, 6.45) is 2.83. The molecule has 0 aliphatic rings. The molecule has 0 atom stereocenters. The summed E-state index contributed by atoms with van der Waals surface area (Å²) >= 11 is 5.88. The molecule has 0 radical (unpaired) electrons. The highest BCUT2D eigenvalue weighted by Gasteiger charge is 2.14. The van der Waals surface area contributed by atoms with E-state index in [0.717, 1.165) is 0 Å². The van der Waals surface area contributed by atoms with E-state index in [1.165, 1.54) is 19.1 Å². The number of hydrogen-bond donors (Lipinski definition) is 0. The molecule has 0 unspecified atom stereocenters. The molecule has 0 spiro atoms. The minimum Gasteiger partial charge on any atom is -0.457 e. The van der Waals surface area contributed by atoms with Gasteiger partial charge in [0.25, 0.3) is 0 Å². The molecule has 4 heteroatoms. The number of carbonyl (C=O) groups excluding carboxylic acids is 2. The van der Waals surface area contributed by atoms with Crippen LogP contribution in [0.15, 0.2) is 24.3 Å². The fraction of sp³-hybridized carbons (Fsp3) is 0.333. The molecular weight excluding hydrogens is 264 g/mol. The lowest BCUT2D eigenvalue weighted by atomic mass is 10.0. The highest BCUT2D eigenvalue weighted by atomic mass is 35.5. The van der Waals surface area contributed by atoms with Gasteiger partial charge in [-0.25, -0.2) is 4.79 Å². The van der Waals surface area contributed by atoms with Gasteiger partial charge in [-0.1, -0.05) is 11.6 Å². The van der Waals surface area contributed by atoms with Crippen molar-refractivity contribution in [1.82, 2.24) is 0 Å². The summed E-state index contributed by atoms with van der Waals surface area (Å²) in [5.41, 5.74) is 0.578. The molecule has 0 heterocycles. The topological polar surface area (TPSA) is 43.4 Å². The summed E-state index contributed by atoms with van der Waals surface area (Å²) in [6, 6.07) is 4.92. The first-order valence-corrected chi connectivity index (χ1v) is 6.28. The van der Waals surface area contributed by atoms with Crippen molar-refractivity contribution >= 4 is 29.4 Å². The Morgan fingerprint density at radius 1 is 1.26 bits per heavy atom. The van der Waals surface area contributed by atoms with Gasteiger partial charge >= 0.3 is 5.97 Å². The lowest BCUT2D eigenvalue weighted by molar-refractivity contribution is -0.148. The standard InChI is InChI=1S/C15H17ClO3/c1-10(17)13-7-6-12(16)9-11(13)5-8-14(18)19-15(2,3)4/h5-9H,1-4H3. The van der Waals surface area contributed by atoms with E-state index in [1.807, 2.05) is 0 Å². The highest BCUT2D eigenvalue weighted by molar-refractivity contribution is 6.30. The smallest absolute Gasteiger partial charge is 0.331 e. The summed E-state index contributed by atoms with van der Waals surface area (Å²) < 4.78 is 5.15. The van der Waals surface area contributed by atoms with E-state index < -0.39 is 11.6 Å². The van der Waals surface area contributed by atoms with Crippen molar-refractivity contribution in [2.45, 2.75) is 33.3 Å². The maximum Gasteiger partial charge on any atom is 0.331 e. The molecule has 1 aromatic rings. The predicted molar refractivity (Wildman–Crippen MR) is 76.3 cm³/mol. The molecule has 0 saturated heterocycles. The normalized spacial score (nSPS) is 11.6.